The number of rotatable bonds is 4. The molecule has 0 radical (unpaired) electrons. The van der Waals surface area contributed by atoms with Crippen molar-refractivity contribution in [2.75, 3.05) is 0 Å². The zero-order valence-corrected chi connectivity index (χ0v) is 11.3. The Morgan fingerprint density at radius 1 is 0.857 bits per heavy atom. The van der Waals surface area contributed by atoms with Crippen LogP contribution in [0.2, 0.25) is 0 Å². The topological polar surface area (TPSA) is 55.2 Å². The molecule has 4 heteroatoms. The Balaban J connectivity index is 1.68. The lowest BCUT2D eigenvalue weighted by molar-refractivity contribution is 0.303. The third-order valence-corrected chi connectivity index (χ3v) is 3.00. The average molecular weight is 278 g/mol. The molecule has 3 aromatic rings. The number of phenols is 1. The number of hydrogen-bond acceptors (Lipinski definition) is 4. The summed E-state index contributed by atoms with van der Waals surface area (Å²) in [6.07, 6.45) is 3.30. The van der Waals surface area contributed by atoms with E-state index in [-0.39, 0.29) is 5.75 Å². The van der Waals surface area contributed by atoms with E-state index >= 15 is 0 Å². The van der Waals surface area contributed by atoms with Crippen LogP contribution in [0.4, 0.5) is 0 Å². The lowest BCUT2D eigenvalue weighted by Crippen LogP contribution is -1.97. The number of ether oxygens (including phenoxy) is 1. The summed E-state index contributed by atoms with van der Waals surface area (Å²) in [6.45, 7) is 0.489. The second kappa shape index (κ2) is 6.05. The first-order valence-corrected chi connectivity index (χ1v) is 6.59. The summed E-state index contributed by atoms with van der Waals surface area (Å²) in [5.41, 5.74) is 1.95. The maximum Gasteiger partial charge on any atom is 0.159 e. The molecular formula is C17H14N2O2. The molecule has 1 heterocycles. The Hall–Kier alpha value is -2.88. The van der Waals surface area contributed by atoms with E-state index in [1.807, 2.05) is 30.3 Å². The Labute approximate surface area is 122 Å². The Morgan fingerprint density at radius 3 is 2.19 bits per heavy atom. The predicted octanol–water partition coefficient (Wildman–Crippen LogP) is 3.43. The standard InChI is InChI=1S/C17H14N2O2/c20-15-8-6-14(7-9-15)17-18-10-16(11-19-17)21-12-13-4-2-1-3-5-13/h1-11,20H,12H2. The minimum Gasteiger partial charge on any atom is -0.508 e. The molecule has 104 valence electrons. The van der Waals surface area contributed by atoms with Gasteiger partial charge >= 0.3 is 0 Å². The lowest BCUT2D eigenvalue weighted by atomic mass is 10.2. The van der Waals surface area contributed by atoms with Gasteiger partial charge in [0, 0.05) is 5.56 Å². The number of aromatic hydroxyl groups is 1. The summed E-state index contributed by atoms with van der Waals surface area (Å²) >= 11 is 0. The second-order valence-corrected chi connectivity index (χ2v) is 4.56. The smallest absolute Gasteiger partial charge is 0.159 e. The van der Waals surface area contributed by atoms with Gasteiger partial charge in [-0.05, 0) is 29.8 Å². The molecular weight excluding hydrogens is 264 g/mol. The van der Waals surface area contributed by atoms with Crippen molar-refractivity contribution >= 4 is 0 Å². The van der Waals surface area contributed by atoms with E-state index in [1.165, 1.54) is 0 Å². The highest BCUT2D eigenvalue weighted by atomic mass is 16.5. The highest BCUT2D eigenvalue weighted by Crippen LogP contribution is 2.19. The Bertz CT molecular complexity index is 695. The minimum absolute atomic E-state index is 0.224. The van der Waals surface area contributed by atoms with Crippen LogP contribution in [0.3, 0.4) is 0 Å². The molecule has 0 aliphatic heterocycles. The van der Waals surface area contributed by atoms with Crippen LogP contribution in [0, 0.1) is 0 Å². The summed E-state index contributed by atoms with van der Waals surface area (Å²) in [6, 6.07) is 16.7. The lowest BCUT2D eigenvalue weighted by Gasteiger charge is -2.06. The van der Waals surface area contributed by atoms with E-state index in [0.717, 1.165) is 11.1 Å². The number of benzene rings is 2. The molecule has 0 fully saturated rings. The van der Waals surface area contributed by atoms with Crippen LogP contribution in [-0.4, -0.2) is 15.1 Å². The summed E-state index contributed by atoms with van der Waals surface area (Å²) < 4.78 is 5.64. The van der Waals surface area contributed by atoms with Crippen LogP contribution in [0.5, 0.6) is 11.5 Å². The van der Waals surface area contributed by atoms with Crippen LogP contribution in [0.25, 0.3) is 11.4 Å². The first-order valence-electron chi connectivity index (χ1n) is 6.59. The molecule has 1 aromatic heterocycles. The van der Waals surface area contributed by atoms with Crippen LogP contribution in [0.15, 0.2) is 67.0 Å². The Morgan fingerprint density at radius 2 is 1.52 bits per heavy atom. The first kappa shape index (κ1) is 13.1. The second-order valence-electron chi connectivity index (χ2n) is 4.56. The highest BCUT2D eigenvalue weighted by molar-refractivity contribution is 5.55. The molecule has 0 saturated carbocycles. The SMILES string of the molecule is Oc1ccc(-c2ncc(OCc3ccccc3)cn2)cc1. The van der Waals surface area contributed by atoms with Crippen molar-refractivity contribution in [1.29, 1.82) is 0 Å². The van der Waals surface area contributed by atoms with E-state index in [1.54, 1.807) is 36.7 Å². The van der Waals surface area contributed by atoms with Crippen molar-refractivity contribution in [1.82, 2.24) is 9.97 Å². The molecule has 0 spiro atoms. The van der Waals surface area contributed by atoms with E-state index in [4.69, 9.17) is 4.74 Å². The summed E-state index contributed by atoms with van der Waals surface area (Å²) in [4.78, 5) is 8.55. The largest absolute Gasteiger partial charge is 0.508 e. The van der Waals surface area contributed by atoms with Gasteiger partial charge < -0.3 is 9.84 Å². The van der Waals surface area contributed by atoms with Crippen LogP contribution in [0.1, 0.15) is 5.56 Å². The number of hydrogen-bond donors (Lipinski definition) is 1. The van der Waals surface area contributed by atoms with Gasteiger partial charge in [0.1, 0.15) is 12.4 Å². The fourth-order valence-electron chi connectivity index (χ4n) is 1.89. The molecule has 0 saturated heterocycles. The molecule has 21 heavy (non-hydrogen) atoms. The van der Waals surface area contributed by atoms with Gasteiger partial charge in [-0.3, -0.25) is 0 Å². The third-order valence-electron chi connectivity index (χ3n) is 3.00. The average Bonchev–Trinajstić information content (AvgIpc) is 2.55. The van der Waals surface area contributed by atoms with Crippen LogP contribution >= 0.6 is 0 Å². The van der Waals surface area contributed by atoms with Crippen molar-refractivity contribution in [3.05, 3.63) is 72.6 Å². The number of phenolic OH excluding ortho intramolecular Hbond substituents is 1. The summed E-state index contributed by atoms with van der Waals surface area (Å²) in [5.74, 6) is 1.45. The van der Waals surface area contributed by atoms with Crippen molar-refractivity contribution in [3.63, 3.8) is 0 Å². The van der Waals surface area contributed by atoms with Gasteiger partial charge in [0.15, 0.2) is 11.6 Å². The van der Waals surface area contributed by atoms with Gasteiger partial charge in [-0.15, -0.1) is 0 Å². The van der Waals surface area contributed by atoms with E-state index in [0.29, 0.717) is 18.2 Å². The summed E-state index contributed by atoms with van der Waals surface area (Å²) in [5, 5.41) is 9.27. The van der Waals surface area contributed by atoms with Gasteiger partial charge in [0.05, 0.1) is 12.4 Å². The van der Waals surface area contributed by atoms with E-state index in [2.05, 4.69) is 9.97 Å². The molecule has 0 amide bonds. The maximum absolute atomic E-state index is 9.27. The molecule has 0 aliphatic carbocycles. The molecule has 3 rings (SSSR count). The van der Waals surface area contributed by atoms with E-state index in [9.17, 15) is 5.11 Å². The zero-order valence-electron chi connectivity index (χ0n) is 11.3. The number of nitrogens with zero attached hydrogens (tertiary/aromatic N) is 2. The summed E-state index contributed by atoms with van der Waals surface area (Å²) in [7, 11) is 0. The molecule has 1 N–H and O–H groups in total. The highest BCUT2D eigenvalue weighted by Gasteiger charge is 2.02. The van der Waals surface area contributed by atoms with E-state index < -0.39 is 0 Å². The predicted molar refractivity (Wildman–Crippen MR) is 79.9 cm³/mol. The molecule has 0 atom stereocenters. The fourth-order valence-corrected chi connectivity index (χ4v) is 1.89. The fraction of sp³-hybridized carbons (Fsp3) is 0.0588. The molecule has 2 aromatic carbocycles. The quantitative estimate of drug-likeness (QED) is 0.794. The third kappa shape index (κ3) is 3.36. The van der Waals surface area contributed by atoms with Gasteiger partial charge in [-0.2, -0.15) is 0 Å². The van der Waals surface area contributed by atoms with Crippen LogP contribution in [-0.2, 0) is 6.61 Å². The molecule has 0 aliphatic rings. The normalized spacial score (nSPS) is 10.3. The first-order chi connectivity index (χ1) is 10.3. The van der Waals surface area contributed by atoms with Gasteiger partial charge in [-0.1, -0.05) is 30.3 Å². The number of aromatic nitrogens is 2. The maximum atomic E-state index is 9.27. The van der Waals surface area contributed by atoms with Gasteiger partial charge in [-0.25, -0.2) is 9.97 Å². The molecule has 0 unspecified atom stereocenters. The molecule has 4 nitrogen and oxygen atoms in total. The van der Waals surface area contributed by atoms with Crippen molar-refractivity contribution in [3.8, 4) is 22.9 Å². The van der Waals surface area contributed by atoms with Crippen molar-refractivity contribution < 1.29 is 9.84 Å². The van der Waals surface area contributed by atoms with Gasteiger partial charge in [0.2, 0.25) is 0 Å². The van der Waals surface area contributed by atoms with Crippen molar-refractivity contribution in [2.45, 2.75) is 6.61 Å². The van der Waals surface area contributed by atoms with Crippen LogP contribution < -0.4 is 4.74 Å². The monoisotopic (exact) mass is 278 g/mol. The van der Waals surface area contributed by atoms with Gasteiger partial charge in [0.25, 0.3) is 0 Å². The molecule has 0 bridgehead atoms. The zero-order chi connectivity index (χ0) is 14.5. The van der Waals surface area contributed by atoms with Crippen molar-refractivity contribution in [2.24, 2.45) is 0 Å². The Kier molecular flexibility index (Phi) is 3.78. The minimum atomic E-state index is 0.224.